The topological polar surface area (TPSA) is 73.1 Å². The second kappa shape index (κ2) is 4.80. The third-order valence-corrected chi connectivity index (χ3v) is 2.76. The van der Waals surface area contributed by atoms with E-state index in [0.29, 0.717) is 12.5 Å². The molecular weight excluding hydrogens is 261 g/mol. The van der Waals surface area contributed by atoms with Gasteiger partial charge in [-0.1, -0.05) is 12.1 Å². The Hall–Kier alpha value is -2.23. The van der Waals surface area contributed by atoms with Gasteiger partial charge in [-0.25, -0.2) is 4.79 Å². The Bertz CT molecular complexity index is 549. The van der Waals surface area contributed by atoms with E-state index in [-0.39, 0.29) is 11.3 Å². The third kappa shape index (κ3) is 2.62. The molecule has 0 aliphatic carbocycles. The van der Waals surface area contributed by atoms with Crippen molar-refractivity contribution in [2.45, 2.75) is 25.6 Å². The van der Waals surface area contributed by atoms with Gasteiger partial charge in [0.05, 0.1) is 11.3 Å². The SMILES string of the molecule is Cc1cccc(C#N)c1NC(C)(C(=O)O)C(F)(F)F. The van der Waals surface area contributed by atoms with E-state index in [0.717, 1.165) is 0 Å². The second-order valence-electron chi connectivity index (χ2n) is 4.16. The van der Waals surface area contributed by atoms with Crippen molar-refractivity contribution in [3.8, 4) is 6.07 Å². The van der Waals surface area contributed by atoms with Crippen LogP contribution in [-0.2, 0) is 4.79 Å². The van der Waals surface area contributed by atoms with Crippen LogP contribution in [0, 0.1) is 18.3 Å². The summed E-state index contributed by atoms with van der Waals surface area (Å²) in [4.78, 5) is 10.9. The van der Waals surface area contributed by atoms with Gasteiger partial charge in [0.25, 0.3) is 0 Å². The average Bonchev–Trinajstić information content (AvgIpc) is 2.29. The highest BCUT2D eigenvalue weighted by Gasteiger charge is 2.57. The number of hydrogen-bond donors (Lipinski definition) is 2. The second-order valence-corrected chi connectivity index (χ2v) is 4.16. The van der Waals surface area contributed by atoms with Crippen LogP contribution in [0.3, 0.4) is 0 Å². The van der Waals surface area contributed by atoms with Crippen molar-refractivity contribution in [1.29, 1.82) is 5.26 Å². The molecule has 1 unspecified atom stereocenters. The number of aryl methyl sites for hydroxylation is 1. The average molecular weight is 272 g/mol. The predicted octanol–water partition coefficient (Wildman–Crippen LogP) is 2.68. The molecule has 1 atom stereocenters. The van der Waals surface area contributed by atoms with E-state index in [1.165, 1.54) is 25.1 Å². The fraction of sp³-hybridized carbons (Fsp3) is 0.333. The molecule has 0 amide bonds. The molecule has 0 radical (unpaired) electrons. The number of alkyl halides is 3. The predicted molar refractivity (Wildman–Crippen MR) is 61.6 cm³/mol. The summed E-state index contributed by atoms with van der Waals surface area (Å²) < 4.78 is 38.6. The van der Waals surface area contributed by atoms with Gasteiger partial charge in [-0.2, -0.15) is 18.4 Å². The summed E-state index contributed by atoms with van der Waals surface area (Å²) in [6.07, 6.45) is -5.01. The van der Waals surface area contributed by atoms with Crippen LogP contribution in [0.25, 0.3) is 0 Å². The molecule has 0 saturated carbocycles. The molecule has 0 heterocycles. The van der Waals surface area contributed by atoms with Crippen molar-refractivity contribution in [2.75, 3.05) is 5.32 Å². The lowest BCUT2D eigenvalue weighted by molar-refractivity contribution is -0.192. The molecule has 19 heavy (non-hydrogen) atoms. The number of para-hydroxylation sites is 1. The Morgan fingerprint density at radius 3 is 2.42 bits per heavy atom. The van der Waals surface area contributed by atoms with Gasteiger partial charge in [-0.05, 0) is 25.5 Å². The first-order valence-electron chi connectivity index (χ1n) is 5.21. The normalized spacial score (nSPS) is 14.3. The Balaban J connectivity index is 3.35. The fourth-order valence-electron chi connectivity index (χ4n) is 1.42. The summed E-state index contributed by atoms with van der Waals surface area (Å²) in [5, 5.41) is 19.6. The van der Waals surface area contributed by atoms with Crippen molar-refractivity contribution in [3.05, 3.63) is 29.3 Å². The quantitative estimate of drug-likeness (QED) is 0.887. The van der Waals surface area contributed by atoms with Crippen LogP contribution in [0.4, 0.5) is 18.9 Å². The monoisotopic (exact) mass is 272 g/mol. The number of nitriles is 1. The lowest BCUT2D eigenvalue weighted by atomic mass is 9.99. The maximum Gasteiger partial charge on any atom is 0.422 e. The Morgan fingerprint density at radius 2 is 2.00 bits per heavy atom. The summed E-state index contributed by atoms with van der Waals surface area (Å²) in [7, 11) is 0. The minimum Gasteiger partial charge on any atom is -0.479 e. The van der Waals surface area contributed by atoms with Crippen LogP contribution in [0.2, 0.25) is 0 Å². The smallest absolute Gasteiger partial charge is 0.422 e. The van der Waals surface area contributed by atoms with Crippen LogP contribution in [0.5, 0.6) is 0 Å². The highest BCUT2D eigenvalue weighted by molar-refractivity contribution is 5.84. The summed E-state index contributed by atoms with van der Waals surface area (Å²) in [5.41, 5.74) is -2.98. The molecule has 0 fully saturated rings. The van der Waals surface area contributed by atoms with E-state index in [9.17, 15) is 18.0 Å². The summed E-state index contributed by atoms with van der Waals surface area (Å²) >= 11 is 0. The molecule has 0 bridgehead atoms. The van der Waals surface area contributed by atoms with E-state index < -0.39 is 17.7 Å². The summed E-state index contributed by atoms with van der Waals surface area (Å²) in [6, 6.07) is 6.03. The number of carboxylic acid groups (broad SMARTS) is 1. The van der Waals surface area contributed by atoms with E-state index >= 15 is 0 Å². The lowest BCUT2D eigenvalue weighted by Crippen LogP contribution is -2.55. The molecular formula is C12H11F3N2O2. The number of rotatable bonds is 3. The molecule has 102 valence electrons. The van der Waals surface area contributed by atoms with Crippen LogP contribution in [0.15, 0.2) is 18.2 Å². The molecule has 1 aromatic rings. The zero-order chi connectivity index (χ0) is 14.8. The summed E-state index contributed by atoms with van der Waals surface area (Å²) in [6.45, 7) is 2.00. The number of hydrogen-bond acceptors (Lipinski definition) is 3. The number of anilines is 1. The van der Waals surface area contributed by atoms with Crippen molar-refractivity contribution < 1.29 is 23.1 Å². The van der Waals surface area contributed by atoms with Crippen LogP contribution in [0.1, 0.15) is 18.1 Å². The zero-order valence-electron chi connectivity index (χ0n) is 10.2. The number of benzene rings is 1. The highest BCUT2D eigenvalue weighted by atomic mass is 19.4. The van der Waals surface area contributed by atoms with Gasteiger partial charge in [-0.3, -0.25) is 0 Å². The van der Waals surface area contributed by atoms with E-state index in [1.807, 2.05) is 5.32 Å². The molecule has 2 N–H and O–H groups in total. The molecule has 0 saturated heterocycles. The van der Waals surface area contributed by atoms with Crippen molar-refractivity contribution in [2.24, 2.45) is 0 Å². The van der Waals surface area contributed by atoms with E-state index in [4.69, 9.17) is 10.4 Å². The summed E-state index contributed by atoms with van der Waals surface area (Å²) in [5.74, 6) is -2.06. The first-order chi connectivity index (χ1) is 8.63. The lowest BCUT2D eigenvalue weighted by Gasteiger charge is -2.30. The Morgan fingerprint density at radius 1 is 1.42 bits per heavy atom. The minimum absolute atomic E-state index is 0.0447. The molecule has 1 aromatic carbocycles. The maximum absolute atomic E-state index is 12.9. The number of aliphatic carboxylic acids is 1. The van der Waals surface area contributed by atoms with Gasteiger partial charge < -0.3 is 10.4 Å². The van der Waals surface area contributed by atoms with Crippen molar-refractivity contribution in [1.82, 2.24) is 0 Å². The molecule has 4 nitrogen and oxygen atoms in total. The fourth-order valence-corrected chi connectivity index (χ4v) is 1.42. The molecule has 0 aliphatic rings. The number of carbonyl (C=O) groups is 1. The van der Waals surface area contributed by atoms with Gasteiger partial charge in [0.15, 0.2) is 0 Å². The van der Waals surface area contributed by atoms with Crippen LogP contribution >= 0.6 is 0 Å². The van der Waals surface area contributed by atoms with Gasteiger partial charge in [0, 0.05) is 0 Å². The number of carboxylic acids is 1. The first-order valence-corrected chi connectivity index (χ1v) is 5.21. The zero-order valence-corrected chi connectivity index (χ0v) is 10.2. The van der Waals surface area contributed by atoms with Gasteiger partial charge in [-0.15, -0.1) is 0 Å². The molecule has 0 aromatic heterocycles. The molecule has 7 heteroatoms. The Kier molecular flexibility index (Phi) is 3.75. The van der Waals surface area contributed by atoms with Crippen LogP contribution < -0.4 is 5.32 Å². The standard InChI is InChI=1S/C12H11F3N2O2/c1-7-4-3-5-8(6-16)9(7)17-11(2,10(18)19)12(13,14)15/h3-5,17H,1-2H3,(H,18,19). The van der Waals surface area contributed by atoms with Crippen molar-refractivity contribution >= 4 is 11.7 Å². The number of halogens is 3. The van der Waals surface area contributed by atoms with E-state index in [1.54, 1.807) is 6.07 Å². The molecule has 0 spiro atoms. The first kappa shape index (κ1) is 14.8. The Labute approximate surface area is 107 Å². The minimum atomic E-state index is -5.01. The highest BCUT2D eigenvalue weighted by Crippen LogP contribution is 2.35. The van der Waals surface area contributed by atoms with Gasteiger partial charge in [0.1, 0.15) is 6.07 Å². The van der Waals surface area contributed by atoms with E-state index in [2.05, 4.69) is 0 Å². The maximum atomic E-state index is 12.9. The van der Waals surface area contributed by atoms with Gasteiger partial charge >= 0.3 is 12.1 Å². The molecule has 0 aliphatic heterocycles. The number of nitrogens with one attached hydrogen (secondary N) is 1. The van der Waals surface area contributed by atoms with Gasteiger partial charge in [0.2, 0.25) is 5.54 Å². The third-order valence-electron chi connectivity index (χ3n) is 2.76. The number of nitrogens with zero attached hydrogens (tertiary/aromatic N) is 1. The van der Waals surface area contributed by atoms with Crippen molar-refractivity contribution in [3.63, 3.8) is 0 Å². The van der Waals surface area contributed by atoms with Crippen LogP contribution in [-0.4, -0.2) is 22.8 Å². The largest absolute Gasteiger partial charge is 0.479 e. The molecule has 1 rings (SSSR count).